The predicted octanol–water partition coefficient (Wildman–Crippen LogP) is 1.93. The first-order valence-electron chi connectivity index (χ1n) is 6.00. The maximum absolute atomic E-state index is 5.77. The maximum Gasteiger partial charge on any atom is 0.135 e. The van der Waals surface area contributed by atoms with Crippen molar-refractivity contribution in [2.45, 2.75) is 19.9 Å². The molecule has 0 saturated carbocycles. The van der Waals surface area contributed by atoms with E-state index in [0.717, 1.165) is 22.6 Å². The normalized spacial score (nSPS) is 12.2. The fourth-order valence-corrected chi connectivity index (χ4v) is 2.28. The van der Waals surface area contributed by atoms with Gasteiger partial charge in [0.2, 0.25) is 0 Å². The van der Waals surface area contributed by atoms with Gasteiger partial charge in [-0.25, -0.2) is 0 Å². The van der Waals surface area contributed by atoms with Gasteiger partial charge in [0.05, 0.1) is 17.3 Å². The van der Waals surface area contributed by atoms with Crippen molar-refractivity contribution in [2.75, 3.05) is 5.32 Å². The van der Waals surface area contributed by atoms with E-state index in [2.05, 4.69) is 22.3 Å². The van der Waals surface area contributed by atoms with Crippen LogP contribution in [0.4, 0.5) is 5.82 Å². The summed E-state index contributed by atoms with van der Waals surface area (Å²) in [7, 11) is 1.87. The molecule has 6 heteroatoms. The zero-order valence-corrected chi connectivity index (χ0v) is 12.0. The van der Waals surface area contributed by atoms with E-state index in [9.17, 15) is 0 Å². The van der Waals surface area contributed by atoms with Crippen molar-refractivity contribution in [3.8, 4) is 0 Å². The first kappa shape index (κ1) is 13.5. The number of nitrogens with two attached hydrogens (primary N) is 1. The Kier molecular flexibility index (Phi) is 3.80. The molecular weight excluding hydrogens is 258 g/mol. The molecule has 2 rings (SSSR count). The Bertz CT molecular complexity index is 591. The number of hydrogen-bond acceptors (Lipinski definition) is 4. The van der Waals surface area contributed by atoms with Crippen molar-refractivity contribution < 1.29 is 0 Å². The molecule has 3 N–H and O–H groups in total. The smallest absolute Gasteiger partial charge is 0.135 e. The number of rotatable bonds is 4. The van der Waals surface area contributed by atoms with E-state index < -0.39 is 0 Å². The van der Waals surface area contributed by atoms with E-state index in [0.29, 0.717) is 4.99 Å². The van der Waals surface area contributed by atoms with E-state index >= 15 is 0 Å². The van der Waals surface area contributed by atoms with Crippen LogP contribution in [0, 0.1) is 6.92 Å². The highest BCUT2D eigenvalue weighted by atomic mass is 32.1. The molecule has 0 saturated heterocycles. The van der Waals surface area contributed by atoms with E-state index in [1.165, 1.54) is 0 Å². The van der Waals surface area contributed by atoms with Gasteiger partial charge in [-0.1, -0.05) is 18.3 Å². The first-order valence-corrected chi connectivity index (χ1v) is 6.41. The van der Waals surface area contributed by atoms with Crippen molar-refractivity contribution in [2.24, 2.45) is 12.8 Å². The van der Waals surface area contributed by atoms with Crippen molar-refractivity contribution in [1.29, 1.82) is 0 Å². The first-order chi connectivity index (χ1) is 9.00. The Balaban J connectivity index is 2.31. The van der Waals surface area contributed by atoms with Gasteiger partial charge < -0.3 is 11.1 Å². The molecule has 19 heavy (non-hydrogen) atoms. The fraction of sp³-hybridized carbons (Fsp3) is 0.308. The monoisotopic (exact) mass is 275 g/mol. The molecule has 100 valence electrons. The van der Waals surface area contributed by atoms with Gasteiger partial charge in [-0.15, -0.1) is 0 Å². The Morgan fingerprint density at radius 1 is 1.53 bits per heavy atom. The molecular formula is C13H17N5S. The standard InChI is InChI=1S/C13H17N5S/c1-8(10-5-4-6-15-7-10)16-13-11(12(14)19)9(2)17-18(13)3/h4-8,16H,1-3H3,(H2,14,19). The Hall–Kier alpha value is -1.95. The predicted molar refractivity (Wildman–Crippen MR) is 80.1 cm³/mol. The fourth-order valence-electron chi connectivity index (χ4n) is 2.04. The highest BCUT2D eigenvalue weighted by Gasteiger charge is 2.17. The summed E-state index contributed by atoms with van der Waals surface area (Å²) in [5.41, 5.74) is 8.49. The molecule has 0 aromatic carbocycles. The highest BCUT2D eigenvalue weighted by Crippen LogP contribution is 2.23. The lowest BCUT2D eigenvalue weighted by atomic mass is 10.1. The van der Waals surface area contributed by atoms with Gasteiger partial charge in [0.25, 0.3) is 0 Å². The summed E-state index contributed by atoms with van der Waals surface area (Å²) in [4.78, 5) is 4.47. The minimum absolute atomic E-state index is 0.0941. The van der Waals surface area contributed by atoms with E-state index in [-0.39, 0.29) is 6.04 Å². The summed E-state index contributed by atoms with van der Waals surface area (Å²) in [6, 6.07) is 4.03. The molecule has 1 atom stereocenters. The zero-order valence-electron chi connectivity index (χ0n) is 11.2. The Morgan fingerprint density at radius 3 is 2.84 bits per heavy atom. The minimum atomic E-state index is 0.0941. The SMILES string of the molecule is Cc1nn(C)c(NC(C)c2cccnc2)c1C(N)=S. The van der Waals surface area contributed by atoms with Crippen LogP contribution < -0.4 is 11.1 Å². The quantitative estimate of drug-likeness (QED) is 0.834. The number of nitrogens with one attached hydrogen (secondary N) is 1. The summed E-state index contributed by atoms with van der Waals surface area (Å²) in [5, 5.41) is 7.74. The van der Waals surface area contributed by atoms with Crippen LogP contribution in [-0.2, 0) is 7.05 Å². The lowest BCUT2D eigenvalue weighted by molar-refractivity contribution is 0.741. The average molecular weight is 275 g/mol. The summed E-state index contributed by atoms with van der Waals surface area (Å²) in [6.07, 6.45) is 3.59. The van der Waals surface area contributed by atoms with Crippen LogP contribution in [0.2, 0.25) is 0 Å². The Labute approximate surface area is 117 Å². The molecule has 2 aromatic heterocycles. The van der Waals surface area contributed by atoms with Gasteiger partial charge in [0.15, 0.2) is 0 Å². The molecule has 0 spiro atoms. The lowest BCUT2D eigenvalue weighted by Gasteiger charge is -2.16. The second kappa shape index (κ2) is 5.36. The van der Waals surface area contributed by atoms with Gasteiger partial charge in [-0.3, -0.25) is 9.67 Å². The van der Waals surface area contributed by atoms with Crippen LogP contribution in [0.3, 0.4) is 0 Å². The van der Waals surface area contributed by atoms with Gasteiger partial charge in [0.1, 0.15) is 10.8 Å². The largest absolute Gasteiger partial charge is 0.389 e. The second-order valence-corrected chi connectivity index (χ2v) is 4.89. The number of hydrogen-bond donors (Lipinski definition) is 2. The second-order valence-electron chi connectivity index (χ2n) is 4.45. The summed E-state index contributed by atoms with van der Waals surface area (Å²) >= 11 is 5.09. The highest BCUT2D eigenvalue weighted by molar-refractivity contribution is 7.80. The van der Waals surface area contributed by atoms with Crippen molar-refractivity contribution in [3.05, 3.63) is 41.3 Å². The van der Waals surface area contributed by atoms with Gasteiger partial charge >= 0.3 is 0 Å². The number of anilines is 1. The third-order valence-electron chi connectivity index (χ3n) is 3.01. The van der Waals surface area contributed by atoms with Crippen LogP contribution in [0.15, 0.2) is 24.5 Å². The number of aromatic nitrogens is 3. The van der Waals surface area contributed by atoms with Gasteiger partial charge in [-0.2, -0.15) is 5.10 Å². The molecule has 0 aliphatic heterocycles. The van der Waals surface area contributed by atoms with Crippen molar-refractivity contribution in [1.82, 2.24) is 14.8 Å². The van der Waals surface area contributed by atoms with Crippen molar-refractivity contribution in [3.63, 3.8) is 0 Å². The molecule has 0 amide bonds. The lowest BCUT2D eigenvalue weighted by Crippen LogP contribution is -2.16. The Morgan fingerprint density at radius 2 is 2.26 bits per heavy atom. The molecule has 0 bridgehead atoms. The molecule has 0 radical (unpaired) electrons. The summed E-state index contributed by atoms with van der Waals surface area (Å²) in [6.45, 7) is 3.96. The van der Waals surface area contributed by atoms with E-state index in [4.69, 9.17) is 18.0 Å². The number of nitrogens with zero attached hydrogens (tertiary/aromatic N) is 3. The van der Waals surface area contributed by atoms with Gasteiger partial charge in [0, 0.05) is 19.4 Å². The van der Waals surface area contributed by atoms with E-state index in [1.54, 1.807) is 10.9 Å². The molecule has 0 aliphatic carbocycles. The van der Waals surface area contributed by atoms with Crippen LogP contribution in [0.1, 0.15) is 29.8 Å². The minimum Gasteiger partial charge on any atom is -0.389 e. The van der Waals surface area contributed by atoms with Crippen LogP contribution in [-0.4, -0.2) is 19.8 Å². The topological polar surface area (TPSA) is 68.8 Å². The summed E-state index contributed by atoms with van der Waals surface area (Å²) < 4.78 is 1.76. The molecule has 2 aromatic rings. The van der Waals surface area contributed by atoms with Gasteiger partial charge in [-0.05, 0) is 25.5 Å². The zero-order chi connectivity index (χ0) is 14.0. The molecule has 2 heterocycles. The number of thiocarbonyl (C=S) groups is 1. The number of aryl methyl sites for hydroxylation is 2. The maximum atomic E-state index is 5.77. The van der Waals surface area contributed by atoms with Crippen LogP contribution in [0.5, 0.6) is 0 Å². The molecule has 1 unspecified atom stereocenters. The third-order valence-corrected chi connectivity index (χ3v) is 3.21. The van der Waals surface area contributed by atoms with E-state index in [1.807, 2.05) is 32.3 Å². The molecule has 0 fully saturated rings. The van der Waals surface area contributed by atoms with Crippen LogP contribution >= 0.6 is 12.2 Å². The number of pyridine rings is 1. The summed E-state index contributed by atoms with van der Waals surface area (Å²) in [5.74, 6) is 0.835. The molecule has 5 nitrogen and oxygen atoms in total. The average Bonchev–Trinajstić information content (AvgIpc) is 2.65. The third kappa shape index (κ3) is 2.73. The van der Waals surface area contributed by atoms with Crippen LogP contribution in [0.25, 0.3) is 0 Å². The molecule has 0 aliphatic rings. The van der Waals surface area contributed by atoms with Crippen molar-refractivity contribution >= 4 is 23.0 Å².